The molecule has 0 aromatic carbocycles. The van der Waals surface area contributed by atoms with Crippen molar-refractivity contribution in [2.75, 3.05) is 17.2 Å². The molecular formula is C8H12Br2N2O. The van der Waals surface area contributed by atoms with Crippen LogP contribution >= 0.6 is 32.9 Å². The first-order chi connectivity index (χ1) is 5.84. The molecule has 5 heteroatoms. The number of aromatic nitrogens is 1. The van der Waals surface area contributed by atoms with Gasteiger partial charge in [0.1, 0.15) is 0 Å². The minimum absolute atomic E-state index is 0. The minimum Gasteiger partial charge on any atom is -0.711 e. The van der Waals surface area contributed by atoms with Crippen molar-refractivity contribution < 1.29 is 4.73 Å². The van der Waals surface area contributed by atoms with Gasteiger partial charge in [0.25, 0.3) is 5.82 Å². The normalized spacial score (nSPS) is 9.00. The van der Waals surface area contributed by atoms with Crippen LogP contribution < -0.4 is 10.0 Å². The van der Waals surface area contributed by atoms with Gasteiger partial charge in [-0.15, -0.1) is 17.0 Å². The van der Waals surface area contributed by atoms with Gasteiger partial charge in [0.2, 0.25) is 0 Å². The van der Waals surface area contributed by atoms with Gasteiger partial charge in [-0.3, -0.25) is 5.32 Å². The van der Waals surface area contributed by atoms with Crippen LogP contribution in [-0.2, 0) is 0 Å². The number of anilines is 1. The van der Waals surface area contributed by atoms with E-state index in [9.17, 15) is 5.21 Å². The molecule has 0 spiro atoms. The van der Waals surface area contributed by atoms with Crippen molar-refractivity contribution in [1.82, 2.24) is 0 Å². The van der Waals surface area contributed by atoms with Crippen LogP contribution in [0.15, 0.2) is 24.4 Å². The summed E-state index contributed by atoms with van der Waals surface area (Å²) in [6, 6.07) is 5.31. The quantitative estimate of drug-likeness (QED) is 0.400. The summed E-state index contributed by atoms with van der Waals surface area (Å²) in [6.45, 7) is 0.817. The zero-order valence-corrected chi connectivity index (χ0v) is 10.4. The third-order valence-corrected chi connectivity index (χ3v) is 2.00. The van der Waals surface area contributed by atoms with E-state index in [4.69, 9.17) is 0 Å². The maximum absolute atomic E-state index is 11.1. The molecule has 1 aromatic rings. The second-order valence-electron chi connectivity index (χ2n) is 2.38. The van der Waals surface area contributed by atoms with Crippen LogP contribution in [0.25, 0.3) is 0 Å². The molecule has 0 aliphatic carbocycles. The summed E-state index contributed by atoms with van der Waals surface area (Å²) in [4.78, 5) is 0. The summed E-state index contributed by atoms with van der Waals surface area (Å²) in [5.74, 6) is 0.610. The number of halogens is 2. The van der Waals surface area contributed by atoms with Gasteiger partial charge in [-0.2, -0.15) is 0 Å². The van der Waals surface area contributed by atoms with Crippen LogP contribution in [0.1, 0.15) is 6.42 Å². The fourth-order valence-electron chi connectivity index (χ4n) is 0.848. The summed E-state index contributed by atoms with van der Waals surface area (Å²) >= 11 is 3.32. The van der Waals surface area contributed by atoms with E-state index in [-0.39, 0.29) is 17.0 Å². The highest BCUT2D eigenvalue weighted by molar-refractivity contribution is 9.09. The van der Waals surface area contributed by atoms with Gasteiger partial charge in [-0.25, -0.2) is 4.73 Å². The third-order valence-electron chi connectivity index (χ3n) is 1.44. The van der Waals surface area contributed by atoms with E-state index in [1.165, 1.54) is 6.20 Å². The summed E-state index contributed by atoms with van der Waals surface area (Å²) < 4.78 is 0.828. The van der Waals surface area contributed by atoms with Crippen LogP contribution in [0, 0.1) is 5.21 Å². The summed E-state index contributed by atoms with van der Waals surface area (Å²) in [6.07, 6.45) is 2.49. The molecule has 0 saturated carbocycles. The van der Waals surface area contributed by atoms with E-state index in [1.54, 1.807) is 12.1 Å². The fourth-order valence-corrected chi connectivity index (χ4v) is 1.13. The van der Waals surface area contributed by atoms with Gasteiger partial charge in [0, 0.05) is 11.4 Å². The Morgan fingerprint density at radius 3 is 2.85 bits per heavy atom. The first kappa shape index (κ1) is 12.7. The van der Waals surface area contributed by atoms with Crippen molar-refractivity contribution in [2.24, 2.45) is 0 Å². The molecule has 0 fully saturated rings. The van der Waals surface area contributed by atoms with Crippen LogP contribution in [-0.4, -0.2) is 11.9 Å². The third kappa shape index (κ3) is 4.47. The van der Waals surface area contributed by atoms with Crippen molar-refractivity contribution in [1.29, 1.82) is 0 Å². The molecule has 0 radical (unpaired) electrons. The molecule has 13 heavy (non-hydrogen) atoms. The molecule has 1 rings (SSSR count). The summed E-state index contributed by atoms with van der Waals surface area (Å²) in [5, 5.41) is 15.0. The average molecular weight is 312 g/mol. The Kier molecular flexibility index (Phi) is 6.99. The molecule has 0 aliphatic rings. The van der Waals surface area contributed by atoms with E-state index in [0.717, 1.165) is 23.0 Å². The summed E-state index contributed by atoms with van der Waals surface area (Å²) in [7, 11) is 0. The highest BCUT2D eigenvalue weighted by atomic mass is 79.9. The lowest BCUT2D eigenvalue weighted by Gasteiger charge is -2.06. The molecule has 0 atom stereocenters. The number of nitrogens with one attached hydrogen (secondary N) is 1. The zero-order valence-electron chi connectivity index (χ0n) is 7.07. The predicted molar refractivity (Wildman–Crippen MR) is 62.6 cm³/mol. The summed E-state index contributed by atoms with van der Waals surface area (Å²) in [5.41, 5.74) is 0. The lowest BCUT2D eigenvalue weighted by molar-refractivity contribution is -0.590. The monoisotopic (exact) mass is 310 g/mol. The highest BCUT2D eigenvalue weighted by Gasteiger charge is 1.98. The van der Waals surface area contributed by atoms with E-state index in [0.29, 0.717) is 5.82 Å². The predicted octanol–water partition coefficient (Wildman–Crippen LogP) is 2.09. The van der Waals surface area contributed by atoms with Crippen LogP contribution in [0.2, 0.25) is 0 Å². The maximum atomic E-state index is 11.1. The molecule has 3 nitrogen and oxygen atoms in total. The number of hydrogen-bond donors (Lipinski definition) is 1. The van der Waals surface area contributed by atoms with Crippen molar-refractivity contribution in [3.63, 3.8) is 0 Å². The average Bonchev–Trinajstić information content (AvgIpc) is 2.09. The lowest BCUT2D eigenvalue weighted by atomic mass is 10.4. The van der Waals surface area contributed by atoms with Gasteiger partial charge in [0.05, 0.1) is 12.7 Å². The first-order valence-corrected chi connectivity index (χ1v) is 4.95. The smallest absolute Gasteiger partial charge is 0.277 e. The Morgan fingerprint density at radius 1 is 1.46 bits per heavy atom. The Hall–Kier alpha value is -0.290. The zero-order chi connectivity index (χ0) is 8.81. The number of nitrogens with zero attached hydrogens (tertiary/aromatic N) is 1. The molecule has 1 N–H and O–H groups in total. The SMILES string of the molecule is Br.[O-][n+]1ccccc1NCCCBr. The van der Waals surface area contributed by atoms with Gasteiger partial charge in [-0.1, -0.05) is 22.0 Å². The van der Waals surface area contributed by atoms with Crippen LogP contribution in [0.5, 0.6) is 0 Å². The van der Waals surface area contributed by atoms with Crippen molar-refractivity contribution in [3.8, 4) is 0 Å². The molecule has 0 aliphatic heterocycles. The fraction of sp³-hybridized carbons (Fsp3) is 0.375. The Balaban J connectivity index is 0.00000144. The molecule has 1 aromatic heterocycles. The molecule has 0 saturated heterocycles. The molecular weight excluding hydrogens is 300 g/mol. The van der Waals surface area contributed by atoms with Crippen LogP contribution in [0.4, 0.5) is 5.82 Å². The highest BCUT2D eigenvalue weighted by Crippen LogP contribution is 1.97. The topological polar surface area (TPSA) is 39.0 Å². The first-order valence-electron chi connectivity index (χ1n) is 3.82. The Bertz CT molecular complexity index is 245. The Morgan fingerprint density at radius 2 is 2.23 bits per heavy atom. The van der Waals surface area contributed by atoms with Gasteiger partial charge >= 0.3 is 0 Å². The lowest BCUT2D eigenvalue weighted by Crippen LogP contribution is -2.30. The standard InChI is InChI=1S/C8H11BrN2O.BrH/c9-5-3-6-10-8-4-1-2-7-11(8)12;/h1-2,4,7,10H,3,5-6H2;1H. The van der Waals surface area contributed by atoms with E-state index in [1.807, 2.05) is 6.07 Å². The largest absolute Gasteiger partial charge is 0.711 e. The van der Waals surface area contributed by atoms with Crippen molar-refractivity contribution in [2.45, 2.75) is 6.42 Å². The Labute approximate surface area is 96.6 Å². The number of alkyl halides is 1. The molecule has 0 unspecified atom stereocenters. The molecule has 0 amide bonds. The van der Waals surface area contributed by atoms with Crippen LogP contribution in [0.3, 0.4) is 0 Å². The maximum Gasteiger partial charge on any atom is 0.277 e. The van der Waals surface area contributed by atoms with E-state index >= 15 is 0 Å². The van der Waals surface area contributed by atoms with Crippen molar-refractivity contribution >= 4 is 38.7 Å². The number of rotatable bonds is 4. The van der Waals surface area contributed by atoms with E-state index < -0.39 is 0 Å². The van der Waals surface area contributed by atoms with Crippen molar-refractivity contribution in [3.05, 3.63) is 29.6 Å². The minimum atomic E-state index is 0. The van der Waals surface area contributed by atoms with Gasteiger partial charge in [-0.05, 0) is 12.5 Å². The molecule has 1 heterocycles. The number of pyridine rings is 1. The van der Waals surface area contributed by atoms with Gasteiger partial charge < -0.3 is 5.21 Å². The van der Waals surface area contributed by atoms with E-state index in [2.05, 4.69) is 21.2 Å². The molecule has 74 valence electrons. The van der Waals surface area contributed by atoms with Gasteiger partial charge in [0.15, 0.2) is 0 Å². The molecule has 0 bridgehead atoms. The second kappa shape index (κ2) is 7.15. The number of hydrogen-bond acceptors (Lipinski definition) is 2. The second-order valence-corrected chi connectivity index (χ2v) is 3.17.